The molecule has 0 aliphatic carbocycles. The highest BCUT2D eigenvalue weighted by molar-refractivity contribution is 7.16. The van der Waals surface area contributed by atoms with Gasteiger partial charge in [-0.15, -0.1) is 0 Å². The SMILES string of the molecule is Cc1nn2cc(CCNC(=O)[C@@H]3C[C@@H](N)CN3)nc2s1. The van der Waals surface area contributed by atoms with E-state index in [9.17, 15) is 4.79 Å². The summed E-state index contributed by atoms with van der Waals surface area (Å²) in [7, 11) is 0. The van der Waals surface area contributed by atoms with Gasteiger partial charge in [0, 0.05) is 25.6 Å². The molecule has 7 nitrogen and oxygen atoms in total. The highest BCUT2D eigenvalue weighted by atomic mass is 32.1. The van der Waals surface area contributed by atoms with E-state index in [0.29, 0.717) is 25.9 Å². The second-order valence-corrected chi connectivity index (χ2v) is 6.24. The molecule has 1 aliphatic heterocycles. The summed E-state index contributed by atoms with van der Waals surface area (Å²) in [5.41, 5.74) is 6.71. The fourth-order valence-electron chi connectivity index (χ4n) is 2.36. The lowest BCUT2D eigenvalue weighted by atomic mass is 10.2. The van der Waals surface area contributed by atoms with Gasteiger partial charge in [0.1, 0.15) is 5.01 Å². The summed E-state index contributed by atoms with van der Waals surface area (Å²) >= 11 is 1.56. The molecular weight excluding hydrogens is 276 g/mol. The topological polar surface area (TPSA) is 97.3 Å². The van der Waals surface area contributed by atoms with Crippen LogP contribution in [0.15, 0.2) is 6.20 Å². The zero-order valence-corrected chi connectivity index (χ0v) is 12.1. The zero-order valence-electron chi connectivity index (χ0n) is 11.3. The smallest absolute Gasteiger partial charge is 0.237 e. The summed E-state index contributed by atoms with van der Waals surface area (Å²) < 4.78 is 1.79. The van der Waals surface area contributed by atoms with E-state index in [1.165, 1.54) is 0 Å². The average molecular weight is 294 g/mol. The number of rotatable bonds is 4. The van der Waals surface area contributed by atoms with Crippen LogP contribution in [0.5, 0.6) is 0 Å². The molecule has 3 heterocycles. The largest absolute Gasteiger partial charge is 0.354 e. The highest BCUT2D eigenvalue weighted by Gasteiger charge is 2.26. The molecule has 20 heavy (non-hydrogen) atoms. The van der Waals surface area contributed by atoms with Gasteiger partial charge in [0.05, 0.1) is 17.9 Å². The minimum absolute atomic E-state index is 0.0212. The Morgan fingerprint density at radius 2 is 2.55 bits per heavy atom. The van der Waals surface area contributed by atoms with Crippen LogP contribution in [0.2, 0.25) is 0 Å². The van der Waals surface area contributed by atoms with E-state index in [0.717, 1.165) is 15.7 Å². The predicted molar refractivity (Wildman–Crippen MR) is 76.7 cm³/mol. The molecule has 1 amide bonds. The van der Waals surface area contributed by atoms with Crippen LogP contribution in [-0.2, 0) is 11.2 Å². The van der Waals surface area contributed by atoms with Gasteiger partial charge in [0.15, 0.2) is 0 Å². The molecule has 4 N–H and O–H groups in total. The van der Waals surface area contributed by atoms with Crippen LogP contribution in [-0.4, -0.2) is 45.7 Å². The lowest BCUT2D eigenvalue weighted by Crippen LogP contribution is -2.41. The van der Waals surface area contributed by atoms with Crippen molar-refractivity contribution in [3.63, 3.8) is 0 Å². The van der Waals surface area contributed by atoms with Crippen LogP contribution in [0.3, 0.4) is 0 Å². The number of amides is 1. The first kappa shape index (κ1) is 13.5. The van der Waals surface area contributed by atoms with Crippen molar-refractivity contribution in [1.29, 1.82) is 0 Å². The Morgan fingerprint density at radius 1 is 1.70 bits per heavy atom. The van der Waals surface area contributed by atoms with E-state index in [1.54, 1.807) is 15.9 Å². The second-order valence-electron chi connectivity index (χ2n) is 5.08. The third-order valence-electron chi connectivity index (χ3n) is 3.36. The zero-order chi connectivity index (χ0) is 14.1. The summed E-state index contributed by atoms with van der Waals surface area (Å²) in [6.45, 7) is 3.25. The van der Waals surface area contributed by atoms with E-state index in [1.807, 2.05) is 13.1 Å². The van der Waals surface area contributed by atoms with Crippen molar-refractivity contribution in [2.24, 2.45) is 5.73 Å². The molecule has 1 aliphatic rings. The van der Waals surface area contributed by atoms with E-state index in [2.05, 4.69) is 20.7 Å². The quantitative estimate of drug-likeness (QED) is 0.703. The van der Waals surface area contributed by atoms with Crippen LogP contribution in [0.25, 0.3) is 4.96 Å². The van der Waals surface area contributed by atoms with E-state index in [-0.39, 0.29) is 18.0 Å². The van der Waals surface area contributed by atoms with E-state index >= 15 is 0 Å². The monoisotopic (exact) mass is 294 g/mol. The van der Waals surface area contributed by atoms with Gasteiger partial charge < -0.3 is 16.4 Å². The molecule has 2 aromatic rings. The van der Waals surface area contributed by atoms with Crippen LogP contribution >= 0.6 is 11.3 Å². The van der Waals surface area contributed by atoms with Crippen molar-refractivity contribution in [1.82, 2.24) is 25.2 Å². The maximum absolute atomic E-state index is 11.9. The summed E-state index contributed by atoms with van der Waals surface area (Å²) in [6.07, 6.45) is 3.32. The minimum atomic E-state index is -0.153. The van der Waals surface area contributed by atoms with Gasteiger partial charge in [-0.1, -0.05) is 11.3 Å². The van der Waals surface area contributed by atoms with Gasteiger partial charge in [-0.2, -0.15) is 5.10 Å². The molecule has 0 bridgehead atoms. The highest BCUT2D eigenvalue weighted by Crippen LogP contribution is 2.13. The van der Waals surface area contributed by atoms with Crippen LogP contribution < -0.4 is 16.4 Å². The Labute approximate surface area is 120 Å². The fourth-order valence-corrected chi connectivity index (χ4v) is 3.11. The Balaban J connectivity index is 1.49. The van der Waals surface area contributed by atoms with Crippen molar-refractivity contribution in [2.45, 2.75) is 31.8 Å². The Kier molecular flexibility index (Phi) is 3.68. The van der Waals surface area contributed by atoms with Crippen molar-refractivity contribution < 1.29 is 4.79 Å². The Hall–Kier alpha value is -1.51. The van der Waals surface area contributed by atoms with Crippen molar-refractivity contribution >= 4 is 22.2 Å². The number of nitrogens with one attached hydrogen (secondary N) is 2. The second kappa shape index (κ2) is 5.47. The molecule has 1 saturated heterocycles. The van der Waals surface area contributed by atoms with Crippen LogP contribution in [0.4, 0.5) is 0 Å². The summed E-state index contributed by atoms with van der Waals surface area (Å²) in [5, 5.41) is 11.3. The number of fused-ring (bicyclic) bond motifs is 1. The van der Waals surface area contributed by atoms with Crippen molar-refractivity contribution in [3.05, 3.63) is 16.9 Å². The van der Waals surface area contributed by atoms with Gasteiger partial charge in [-0.3, -0.25) is 4.79 Å². The molecule has 0 spiro atoms. The lowest BCUT2D eigenvalue weighted by Gasteiger charge is -2.10. The number of carbonyl (C=O) groups is 1. The number of hydrogen-bond donors (Lipinski definition) is 3. The minimum Gasteiger partial charge on any atom is -0.354 e. The van der Waals surface area contributed by atoms with Crippen molar-refractivity contribution in [2.75, 3.05) is 13.1 Å². The van der Waals surface area contributed by atoms with Gasteiger partial charge in [0.2, 0.25) is 10.9 Å². The third-order valence-corrected chi connectivity index (χ3v) is 4.19. The van der Waals surface area contributed by atoms with Gasteiger partial charge in [-0.05, 0) is 13.3 Å². The van der Waals surface area contributed by atoms with E-state index < -0.39 is 0 Å². The third kappa shape index (κ3) is 2.82. The first-order valence-electron chi connectivity index (χ1n) is 6.70. The van der Waals surface area contributed by atoms with Crippen molar-refractivity contribution in [3.8, 4) is 0 Å². The number of nitrogens with two attached hydrogens (primary N) is 1. The maximum Gasteiger partial charge on any atom is 0.237 e. The fraction of sp³-hybridized carbons (Fsp3) is 0.583. The predicted octanol–water partition coefficient (Wildman–Crippen LogP) is -0.553. The molecule has 0 saturated carbocycles. The van der Waals surface area contributed by atoms with Gasteiger partial charge in [0.25, 0.3) is 0 Å². The summed E-state index contributed by atoms with van der Waals surface area (Å²) in [6, 6.07) is -0.0696. The first-order chi connectivity index (χ1) is 9.61. The molecule has 0 unspecified atom stereocenters. The molecular formula is C12H18N6OS. The Morgan fingerprint density at radius 3 is 3.25 bits per heavy atom. The molecule has 2 aromatic heterocycles. The summed E-state index contributed by atoms with van der Waals surface area (Å²) in [4.78, 5) is 17.3. The standard InChI is InChI=1S/C12H18N6OS/c1-7-17-18-6-9(16-12(18)20-7)2-3-14-11(19)10-4-8(13)5-15-10/h6,8,10,15H,2-5,13H2,1H3,(H,14,19)/t8-,10+/m1/s1. The molecule has 8 heteroatoms. The molecule has 1 fully saturated rings. The van der Waals surface area contributed by atoms with Gasteiger partial charge >= 0.3 is 0 Å². The molecule has 2 atom stereocenters. The number of carbonyl (C=O) groups excluding carboxylic acids is 1. The average Bonchev–Trinajstić information content (AvgIpc) is 3.03. The Bertz CT molecular complexity index is 589. The lowest BCUT2D eigenvalue weighted by molar-refractivity contribution is -0.122. The number of aryl methyl sites for hydroxylation is 1. The van der Waals surface area contributed by atoms with Crippen LogP contribution in [0, 0.1) is 6.92 Å². The number of aromatic nitrogens is 3. The molecule has 3 rings (SSSR count). The molecule has 108 valence electrons. The summed E-state index contributed by atoms with van der Waals surface area (Å²) in [5.74, 6) is 0.0212. The molecule has 0 radical (unpaired) electrons. The molecule has 0 aromatic carbocycles. The number of nitrogens with zero attached hydrogens (tertiary/aromatic N) is 3. The normalized spacial score (nSPS) is 22.5. The number of hydrogen-bond acceptors (Lipinski definition) is 6. The maximum atomic E-state index is 11.9. The van der Waals surface area contributed by atoms with Gasteiger partial charge in [-0.25, -0.2) is 9.50 Å². The van der Waals surface area contributed by atoms with E-state index in [4.69, 9.17) is 5.73 Å². The first-order valence-corrected chi connectivity index (χ1v) is 7.52. The van der Waals surface area contributed by atoms with Crippen LogP contribution in [0.1, 0.15) is 17.1 Å². The number of imidazole rings is 1.